The molecule has 0 atom stereocenters. The molecule has 0 aliphatic rings. The predicted molar refractivity (Wildman–Crippen MR) is 73.9 cm³/mol. The first kappa shape index (κ1) is 13.1. The number of hydrogen-bond acceptors (Lipinski definition) is 2. The third-order valence-corrected chi connectivity index (χ3v) is 3.12. The van der Waals surface area contributed by atoms with Gasteiger partial charge in [0.2, 0.25) is 0 Å². The number of nitrogens with one attached hydrogen (secondary N) is 1. The molecular weight excluding hydrogens is 297 g/mol. The minimum Gasteiger partial charge on any atom is -0.377 e. The Kier molecular flexibility index (Phi) is 4.36. The fourth-order valence-corrected chi connectivity index (χ4v) is 2.10. The molecule has 3 nitrogen and oxygen atoms in total. The maximum atomic E-state index is 13.5. The monoisotopic (exact) mass is 311 g/mol. The zero-order valence-electron chi connectivity index (χ0n) is 10.2. The van der Waals surface area contributed by atoms with E-state index in [9.17, 15) is 4.39 Å². The second-order valence-corrected chi connectivity index (χ2v) is 4.94. The van der Waals surface area contributed by atoms with Crippen LogP contribution in [-0.2, 0) is 13.1 Å². The fourth-order valence-electron chi connectivity index (χ4n) is 1.74. The summed E-state index contributed by atoms with van der Waals surface area (Å²) >= 11 is 3.33. The zero-order valence-corrected chi connectivity index (χ0v) is 11.7. The summed E-state index contributed by atoms with van der Waals surface area (Å²) in [4.78, 5) is 0. The van der Waals surface area contributed by atoms with E-state index in [1.54, 1.807) is 18.3 Å². The van der Waals surface area contributed by atoms with Crippen LogP contribution in [0.3, 0.4) is 0 Å². The summed E-state index contributed by atoms with van der Waals surface area (Å²) in [5.74, 6) is -0.250. The van der Waals surface area contributed by atoms with Crippen LogP contribution in [0, 0.1) is 5.82 Å². The average Bonchev–Trinajstić information content (AvgIpc) is 2.78. The molecule has 5 heteroatoms. The minimum atomic E-state index is -0.250. The number of rotatable bonds is 5. The van der Waals surface area contributed by atoms with Crippen LogP contribution in [0.5, 0.6) is 0 Å². The van der Waals surface area contributed by atoms with E-state index in [0.717, 1.165) is 23.1 Å². The standard InChI is InChI=1S/C13H15BrFN3/c1-2-7-18-11(5-6-17-18)9-16-13-8-10(14)3-4-12(13)15/h3-6,8,16H,2,7,9H2,1H3. The van der Waals surface area contributed by atoms with E-state index in [1.807, 2.05) is 10.7 Å². The van der Waals surface area contributed by atoms with E-state index in [2.05, 4.69) is 33.3 Å². The van der Waals surface area contributed by atoms with Crippen molar-refractivity contribution in [2.45, 2.75) is 26.4 Å². The topological polar surface area (TPSA) is 29.9 Å². The van der Waals surface area contributed by atoms with Gasteiger partial charge in [0.15, 0.2) is 0 Å². The molecule has 0 bridgehead atoms. The molecule has 0 aliphatic heterocycles. The predicted octanol–water partition coefficient (Wildman–Crippen LogP) is 3.81. The largest absolute Gasteiger partial charge is 0.377 e. The number of nitrogens with zero attached hydrogens (tertiary/aromatic N) is 2. The molecule has 1 aromatic heterocycles. The van der Waals surface area contributed by atoms with E-state index < -0.39 is 0 Å². The molecule has 0 fully saturated rings. The molecule has 0 amide bonds. The van der Waals surface area contributed by atoms with Gasteiger partial charge in [0, 0.05) is 17.2 Å². The first-order chi connectivity index (χ1) is 8.70. The summed E-state index contributed by atoms with van der Waals surface area (Å²) in [6, 6.07) is 6.80. The molecule has 1 aromatic carbocycles. The molecule has 0 unspecified atom stereocenters. The van der Waals surface area contributed by atoms with Crippen LogP contribution >= 0.6 is 15.9 Å². The normalized spacial score (nSPS) is 10.6. The molecular formula is C13H15BrFN3. The van der Waals surface area contributed by atoms with Crippen LogP contribution in [0.4, 0.5) is 10.1 Å². The van der Waals surface area contributed by atoms with Crippen LogP contribution < -0.4 is 5.32 Å². The maximum Gasteiger partial charge on any atom is 0.146 e. The summed E-state index contributed by atoms with van der Waals surface area (Å²) < 4.78 is 16.3. The van der Waals surface area contributed by atoms with Crippen molar-refractivity contribution < 1.29 is 4.39 Å². The molecule has 1 heterocycles. The van der Waals surface area contributed by atoms with Gasteiger partial charge in [0.1, 0.15) is 5.82 Å². The Hall–Kier alpha value is -1.36. The lowest BCUT2D eigenvalue weighted by Crippen LogP contribution is -2.09. The van der Waals surface area contributed by atoms with Crippen LogP contribution in [0.15, 0.2) is 34.9 Å². The van der Waals surface area contributed by atoms with Crippen LogP contribution in [0.2, 0.25) is 0 Å². The van der Waals surface area contributed by atoms with E-state index in [4.69, 9.17) is 0 Å². The lowest BCUT2D eigenvalue weighted by Gasteiger charge is -2.10. The molecule has 0 saturated carbocycles. The van der Waals surface area contributed by atoms with Crippen LogP contribution in [0.1, 0.15) is 19.0 Å². The molecule has 96 valence electrons. The van der Waals surface area contributed by atoms with Gasteiger partial charge in [-0.3, -0.25) is 4.68 Å². The number of anilines is 1. The summed E-state index contributed by atoms with van der Waals surface area (Å²) in [5, 5.41) is 7.32. The van der Waals surface area contributed by atoms with Gasteiger partial charge in [-0.25, -0.2) is 4.39 Å². The lowest BCUT2D eigenvalue weighted by molar-refractivity contribution is 0.577. The van der Waals surface area contributed by atoms with E-state index in [-0.39, 0.29) is 5.82 Å². The molecule has 0 saturated heterocycles. The number of hydrogen-bond donors (Lipinski definition) is 1. The molecule has 18 heavy (non-hydrogen) atoms. The molecule has 0 aliphatic carbocycles. The van der Waals surface area contributed by atoms with Gasteiger partial charge in [0.05, 0.1) is 17.9 Å². The Balaban J connectivity index is 2.06. The Labute approximate surface area is 114 Å². The van der Waals surface area contributed by atoms with Crippen molar-refractivity contribution in [2.75, 3.05) is 5.32 Å². The van der Waals surface area contributed by atoms with Gasteiger partial charge in [-0.2, -0.15) is 5.10 Å². The van der Waals surface area contributed by atoms with Gasteiger partial charge in [-0.1, -0.05) is 22.9 Å². The maximum absolute atomic E-state index is 13.5. The van der Waals surface area contributed by atoms with E-state index in [1.165, 1.54) is 6.07 Å². The number of aromatic nitrogens is 2. The third-order valence-electron chi connectivity index (χ3n) is 2.63. The van der Waals surface area contributed by atoms with Crippen LogP contribution in [0.25, 0.3) is 0 Å². The second kappa shape index (κ2) is 6.00. The molecule has 2 rings (SSSR count). The summed E-state index contributed by atoms with van der Waals surface area (Å²) in [7, 11) is 0. The average molecular weight is 312 g/mol. The number of benzene rings is 1. The Morgan fingerprint density at radius 3 is 3.00 bits per heavy atom. The quantitative estimate of drug-likeness (QED) is 0.910. The highest BCUT2D eigenvalue weighted by Crippen LogP contribution is 2.20. The third kappa shape index (κ3) is 3.10. The molecule has 1 N–H and O–H groups in total. The van der Waals surface area contributed by atoms with Crippen molar-refractivity contribution in [2.24, 2.45) is 0 Å². The van der Waals surface area contributed by atoms with Crippen molar-refractivity contribution in [3.8, 4) is 0 Å². The van der Waals surface area contributed by atoms with Gasteiger partial charge in [-0.15, -0.1) is 0 Å². The first-order valence-electron chi connectivity index (χ1n) is 5.90. The van der Waals surface area contributed by atoms with Crippen LogP contribution in [-0.4, -0.2) is 9.78 Å². The Morgan fingerprint density at radius 2 is 2.22 bits per heavy atom. The van der Waals surface area contributed by atoms with Gasteiger partial charge in [-0.05, 0) is 30.7 Å². The second-order valence-electron chi connectivity index (χ2n) is 4.02. The molecule has 0 radical (unpaired) electrons. The summed E-state index contributed by atoms with van der Waals surface area (Å²) in [5.41, 5.74) is 1.55. The van der Waals surface area contributed by atoms with Crippen molar-refractivity contribution >= 4 is 21.6 Å². The van der Waals surface area contributed by atoms with Gasteiger partial charge < -0.3 is 5.32 Å². The Morgan fingerprint density at radius 1 is 1.39 bits per heavy atom. The molecule has 2 aromatic rings. The first-order valence-corrected chi connectivity index (χ1v) is 6.69. The minimum absolute atomic E-state index is 0.250. The molecule has 0 spiro atoms. The Bertz CT molecular complexity index is 525. The van der Waals surface area contributed by atoms with Gasteiger partial charge in [0.25, 0.3) is 0 Å². The highest BCUT2D eigenvalue weighted by Gasteiger charge is 2.05. The van der Waals surface area contributed by atoms with E-state index in [0.29, 0.717) is 12.2 Å². The lowest BCUT2D eigenvalue weighted by atomic mass is 10.3. The fraction of sp³-hybridized carbons (Fsp3) is 0.308. The summed E-state index contributed by atoms with van der Waals surface area (Å²) in [6.07, 6.45) is 2.80. The van der Waals surface area contributed by atoms with Crippen molar-refractivity contribution in [1.82, 2.24) is 9.78 Å². The van der Waals surface area contributed by atoms with Crippen molar-refractivity contribution in [1.29, 1.82) is 0 Å². The SMILES string of the molecule is CCCn1nccc1CNc1cc(Br)ccc1F. The smallest absolute Gasteiger partial charge is 0.146 e. The van der Waals surface area contributed by atoms with Gasteiger partial charge >= 0.3 is 0 Å². The van der Waals surface area contributed by atoms with E-state index >= 15 is 0 Å². The van der Waals surface area contributed by atoms with Crippen molar-refractivity contribution in [3.63, 3.8) is 0 Å². The highest BCUT2D eigenvalue weighted by atomic mass is 79.9. The summed E-state index contributed by atoms with van der Waals surface area (Å²) in [6.45, 7) is 3.55. The number of aryl methyl sites for hydroxylation is 1. The van der Waals surface area contributed by atoms with Crippen molar-refractivity contribution in [3.05, 3.63) is 46.4 Å². The zero-order chi connectivity index (χ0) is 13.0. The highest BCUT2D eigenvalue weighted by molar-refractivity contribution is 9.10. The number of halogens is 2.